The normalized spacial score (nSPS) is 21.0. The Labute approximate surface area is 175 Å². The van der Waals surface area contributed by atoms with Crippen molar-refractivity contribution in [2.24, 2.45) is 0 Å². The molecule has 3 aromatic rings. The van der Waals surface area contributed by atoms with Gasteiger partial charge in [0.05, 0.1) is 23.1 Å². The zero-order chi connectivity index (χ0) is 20.8. The first-order valence-corrected chi connectivity index (χ1v) is 10.6. The van der Waals surface area contributed by atoms with Crippen molar-refractivity contribution in [1.29, 1.82) is 0 Å². The minimum Gasteiger partial charge on any atom is -0.450 e. The lowest BCUT2D eigenvalue weighted by Gasteiger charge is -2.27. The molecule has 2 aliphatic rings. The number of nitrogens with zero attached hydrogens (tertiary/aromatic N) is 1. The highest BCUT2D eigenvalue weighted by atomic mass is 16.5. The predicted molar refractivity (Wildman–Crippen MR) is 115 cm³/mol. The summed E-state index contributed by atoms with van der Waals surface area (Å²) in [5.74, 6) is 0.337. The second-order valence-electron chi connectivity index (χ2n) is 8.49. The fourth-order valence-corrected chi connectivity index (χ4v) is 4.57. The third kappa shape index (κ3) is 3.05. The van der Waals surface area contributed by atoms with Crippen LogP contribution in [0.5, 0.6) is 0 Å². The average Bonchev–Trinajstić information content (AvgIpc) is 3.36. The highest BCUT2D eigenvalue weighted by molar-refractivity contribution is 5.99. The van der Waals surface area contributed by atoms with Gasteiger partial charge >= 0.3 is 0 Å². The Balaban J connectivity index is 1.67. The molecular formula is C25H25NO4. The minimum atomic E-state index is -0.459. The zero-order valence-corrected chi connectivity index (χ0v) is 17.3. The van der Waals surface area contributed by atoms with Crippen molar-refractivity contribution in [2.75, 3.05) is 13.2 Å². The van der Waals surface area contributed by atoms with Gasteiger partial charge in [-0.3, -0.25) is 9.59 Å². The molecule has 0 aliphatic carbocycles. The molecule has 154 valence electrons. The Morgan fingerprint density at radius 3 is 2.53 bits per heavy atom. The molecule has 1 saturated heterocycles. The van der Waals surface area contributed by atoms with E-state index in [1.54, 1.807) is 17.0 Å². The standard InChI is InChI=1S/C25H25NO4/c1-15(2)16-9-11-17(12-10-16)22-21-23(27)19-7-3-4-8-20(19)30-24(21)25(28)26(22)14-18-6-5-13-29-18/h3-4,7-12,15,18,22H,5-6,13-14H2,1-2H3. The molecule has 1 amide bonds. The highest BCUT2D eigenvalue weighted by Crippen LogP contribution is 2.39. The summed E-state index contributed by atoms with van der Waals surface area (Å²) in [4.78, 5) is 28.6. The van der Waals surface area contributed by atoms with E-state index in [2.05, 4.69) is 26.0 Å². The molecule has 5 heteroatoms. The zero-order valence-electron chi connectivity index (χ0n) is 17.3. The summed E-state index contributed by atoms with van der Waals surface area (Å²) in [6.07, 6.45) is 1.90. The first-order valence-electron chi connectivity index (χ1n) is 10.6. The van der Waals surface area contributed by atoms with Crippen molar-refractivity contribution in [3.05, 3.63) is 81.2 Å². The number of carbonyl (C=O) groups is 1. The molecule has 0 spiro atoms. The van der Waals surface area contributed by atoms with Crippen molar-refractivity contribution >= 4 is 16.9 Å². The van der Waals surface area contributed by atoms with Gasteiger partial charge in [-0.25, -0.2) is 0 Å². The molecule has 0 bridgehead atoms. The lowest BCUT2D eigenvalue weighted by molar-refractivity contribution is 0.0486. The molecule has 5 rings (SSSR count). The van der Waals surface area contributed by atoms with Gasteiger partial charge in [0.25, 0.3) is 5.91 Å². The number of para-hydroxylation sites is 1. The van der Waals surface area contributed by atoms with Crippen molar-refractivity contribution in [3.8, 4) is 0 Å². The van der Waals surface area contributed by atoms with E-state index in [1.165, 1.54) is 5.56 Å². The Hall–Kier alpha value is -2.92. The van der Waals surface area contributed by atoms with E-state index in [9.17, 15) is 9.59 Å². The third-order valence-corrected chi connectivity index (χ3v) is 6.22. The van der Waals surface area contributed by atoms with Crippen LogP contribution in [-0.4, -0.2) is 30.1 Å². The number of hydrogen-bond donors (Lipinski definition) is 0. The van der Waals surface area contributed by atoms with Crippen molar-refractivity contribution in [1.82, 2.24) is 4.90 Å². The number of carbonyl (C=O) groups excluding carboxylic acids is 1. The van der Waals surface area contributed by atoms with Gasteiger partial charge in [-0.1, -0.05) is 50.2 Å². The number of hydrogen-bond acceptors (Lipinski definition) is 4. The average molecular weight is 403 g/mol. The largest absolute Gasteiger partial charge is 0.450 e. The molecule has 5 nitrogen and oxygen atoms in total. The third-order valence-electron chi connectivity index (χ3n) is 6.22. The summed E-state index contributed by atoms with van der Waals surface area (Å²) in [6.45, 7) is 5.46. The van der Waals surface area contributed by atoms with Crippen LogP contribution in [0.25, 0.3) is 11.0 Å². The Morgan fingerprint density at radius 2 is 1.83 bits per heavy atom. The summed E-state index contributed by atoms with van der Waals surface area (Å²) in [6, 6.07) is 14.9. The lowest BCUT2D eigenvalue weighted by atomic mass is 9.95. The van der Waals surface area contributed by atoms with E-state index in [1.807, 2.05) is 24.3 Å². The minimum absolute atomic E-state index is 0.00906. The van der Waals surface area contributed by atoms with E-state index in [0.717, 1.165) is 18.4 Å². The molecule has 0 N–H and O–H groups in total. The molecule has 2 aromatic carbocycles. The predicted octanol–water partition coefficient (Wildman–Crippen LogP) is 4.64. The highest BCUT2D eigenvalue weighted by Gasteiger charge is 2.43. The summed E-state index contributed by atoms with van der Waals surface area (Å²) >= 11 is 0. The van der Waals surface area contributed by atoms with Crippen LogP contribution >= 0.6 is 0 Å². The van der Waals surface area contributed by atoms with Gasteiger partial charge in [0.15, 0.2) is 5.43 Å². The van der Waals surface area contributed by atoms with Gasteiger partial charge in [0.2, 0.25) is 5.76 Å². The molecular weight excluding hydrogens is 378 g/mol. The quantitative estimate of drug-likeness (QED) is 0.637. The van der Waals surface area contributed by atoms with Crippen molar-refractivity contribution < 1.29 is 13.9 Å². The van der Waals surface area contributed by atoms with Gasteiger partial charge in [-0.05, 0) is 42.0 Å². The number of amides is 1. The Bertz CT molecular complexity index is 1160. The maximum atomic E-state index is 13.4. The maximum Gasteiger partial charge on any atom is 0.291 e. The van der Waals surface area contributed by atoms with E-state index in [0.29, 0.717) is 35.6 Å². The second kappa shape index (κ2) is 7.40. The maximum absolute atomic E-state index is 13.4. The van der Waals surface area contributed by atoms with Gasteiger partial charge in [-0.15, -0.1) is 0 Å². The number of benzene rings is 2. The topological polar surface area (TPSA) is 59.8 Å². The molecule has 0 saturated carbocycles. The van der Waals surface area contributed by atoms with Crippen LogP contribution in [0.1, 0.15) is 65.9 Å². The first kappa shape index (κ1) is 19.1. The fourth-order valence-electron chi connectivity index (χ4n) is 4.57. The van der Waals surface area contributed by atoms with Gasteiger partial charge in [0, 0.05) is 13.2 Å². The molecule has 2 atom stereocenters. The SMILES string of the molecule is CC(C)c1ccc(C2c3c(oc4ccccc4c3=O)C(=O)N2CC2CCCO2)cc1. The summed E-state index contributed by atoms with van der Waals surface area (Å²) in [5, 5.41) is 0.506. The monoisotopic (exact) mass is 403 g/mol. The van der Waals surface area contributed by atoms with E-state index in [4.69, 9.17) is 9.15 Å². The fraction of sp³-hybridized carbons (Fsp3) is 0.360. The Kier molecular flexibility index (Phi) is 4.70. The van der Waals surface area contributed by atoms with Crippen LogP contribution in [0, 0.1) is 0 Å². The lowest BCUT2D eigenvalue weighted by Crippen LogP contribution is -2.36. The molecule has 2 aliphatic heterocycles. The number of fused-ring (bicyclic) bond motifs is 2. The van der Waals surface area contributed by atoms with E-state index >= 15 is 0 Å². The number of ether oxygens (including phenoxy) is 1. The van der Waals surface area contributed by atoms with Crippen molar-refractivity contribution in [2.45, 2.75) is 44.8 Å². The molecule has 1 fully saturated rings. The van der Waals surface area contributed by atoms with Gasteiger partial charge in [-0.2, -0.15) is 0 Å². The van der Waals surface area contributed by atoms with Gasteiger partial charge in [0.1, 0.15) is 5.58 Å². The summed E-state index contributed by atoms with van der Waals surface area (Å²) < 4.78 is 11.8. The van der Waals surface area contributed by atoms with E-state index in [-0.39, 0.29) is 23.2 Å². The van der Waals surface area contributed by atoms with Crippen LogP contribution in [0.2, 0.25) is 0 Å². The molecule has 0 radical (unpaired) electrons. The molecule has 3 heterocycles. The first-order chi connectivity index (χ1) is 14.5. The van der Waals surface area contributed by atoms with Gasteiger partial charge < -0.3 is 14.1 Å². The van der Waals surface area contributed by atoms with Crippen LogP contribution in [0.15, 0.2) is 57.7 Å². The summed E-state index contributed by atoms with van der Waals surface area (Å²) in [5.41, 5.74) is 2.90. The summed E-state index contributed by atoms with van der Waals surface area (Å²) in [7, 11) is 0. The molecule has 30 heavy (non-hydrogen) atoms. The van der Waals surface area contributed by atoms with Crippen molar-refractivity contribution in [3.63, 3.8) is 0 Å². The molecule has 1 aromatic heterocycles. The van der Waals surface area contributed by atoms with Crippen LogP contribution in [0.3, 0.4) is 0 Å². The smallest absolute Gasteiger partial charge is 0.291 e. The van der Waals surface area contributed by atoms with Crippen LogP contribution in [-0.2, 0) is 4.74 Å². The molecule has 2 unspecified atom stereocenters. The van der Waals surface area contributed by atoms with Crippen LogP contribution < -0.4 is 5.43 Å². The Morgan fingerprint density at radius 1 is 1.07 bits per heavy atom. The van der Waals surface area contributed by atoms with E-state index < -0.39 is 6.04 Å². The number of rotatable bonds is 4. The second-order valence-corrected chi connectivity index (χ2v) is 8.49. The van der Waals surface area contributed by atoms with Crippen LogP contribution in [0.4, 0.5) is 0 Å².